The molecule has 4 N–H and O–H groups in total. The van der Waals surface area contributed by atoms with E-state index in [9.17, 15) is 9.59 Å². The van der Waals surface area contributed by atoms with Gasteiger partial charge in [-0.1, -0.05) is 0 Å². The summed E-state index contributed by atoms with van der Waals surface area (Å²) in [6, 6.07) is -1.08. The summed E-state index contributed by atoms with van der Waals surface area (Å²) >= 11 is 0. The first kappa shape index (κ1) is 10.9. The number of carbonyl (C=O) groups is 2. The highest BCUT2D eigenvalue weighted by Gasteiger charge is 2.21. The van der Waals surface area contributed by atoms with Crippen molar-refractivity contribution in [3.63, 3.8) is 0 Å². The second-order valence-electron chi connectivity index (χ2n) is 3.30. The van der Waals surface area contributed by atoms with Crippen molar-refractivity contribution < 1.29 is 14.3 Å². The Kier molecular flexibility index (Phi) is 3.84. The second kappa shape index (κ2) is 4.92. The van der Waals surface area contributed by atoms with Crippen LogP contribution in [0.3, 0.4) is 0 Å². The predicted octanol–water partition coefficient (Wildman–Crippen LogP) is -1.05. The number of hydrogen-bond acceptors (Lipinski definition) is 4. The molecular formula is C8H15N3O3. The minimum Gasteiger partial charge on any atom is -0.380 e. The highest BCUT2D eigenvalue weighted by Crippen LogP contribution is 2.04. The van der Waals surface area contributed by atoms with Gasteiger partial charge < -0.3 is 15.8 Å². The molecule has 0 saturated carbocycles. The summed E-state index contributed by atoms with van der Waals surface area (Å²) in [4.78, 5) is 21.6. The Morgan fingerprint density at radius 3 is 2.79 bits per heavy atom. The monoisotopic (exact) mass is 201 g/mol. The average molecular weight is 201 g/mol. The van der Waals surface area contributed by atoms with Gasteiger partial charge in [0.15, 0.2) is 0 Å². The molecule has 0 aromatic heterocycles. The number of nitrogens with two attached hydrogens (primary N) is 1. The zero-order valence-corrected chi connectivity index (χ0v) is 8.08. The number of urea groups is 1. The van der Waals surface area contributed by atoms with E-state index in [1.54, 1.807) is 6.92 Å². The molecular weight excluding hydrogens is 186 g/mol. The molecule has 2 atom stereocenters. The maximum Gasteiger partial charge on any atom is 0.318 e. The van der Waals surface area contributed by atoms with Crippen LogP contribution in [-0.4, -0.2) is 37.2 Å². The minimum absolute atomic E-state index is 0.184. The van der Waals surface area contributed by atoms with Gasteiger partial charge in [0.1, 0.15) is 0 Å². The van der Waals surface area contributed by atoms with Crippen LogP contribution in [0.15, 0.2) is 0 Å². The molecule has 0 aromatic carbocycles. The van der Waals surface area contributed by atoms with Gasteiger partial charge in [-0.3, -0.25) is 10.1 Å². The van der Waals surface area contributed by atoms with E-state index in [1.165, 1.54) is 0 Å². The molecule has 1 aliphatic heterocycles. The van der Waals surface area contributed by atoms with Crippen molar-refractivity contribution in [1.82, 2.24) is 10.6 Å². The minimum atomic E-state index is -0.827. The largest absolute Gasteiger partial charge is 0.380 e. The van der Waals surface area contributed by atoms with E-state index in [-0.39, 0.29) is 6.04 Å². The Bertz CT molecular complexity index is 226. The molecule has 0 bridgehead atoms. The Labute approximate surface area is 82.2 Å². The molecule has 1 aliphatic rings. The summed E-state index contributed by atoms with van der Waals surface area (Å²) in [6.45, 7) is 2.99. The lowest BCUT2D eigenvalue weighted by molar-refractivity contribution is -0.121. The Morgan fingerprint density at radius 1 is 1.57 bits per heavy atom. The third-order valence-electron chi connectivity index (χ3n) is 2.06. The highest BCUT2D eigenvalue weighted by atomic mass is 16.5. The van der Waals surface area contributed by atoms with E-state index in [2.05, 4.69) is 5.32 Å². The molecule has 3 amide bonds. The SMILES string of the molecule is CC(NC1CCOC1)C(=O)NC(N)=O. The third kappa shape index (κ3) is 3.31. The van der Waals surface area contributed by atoms with Gasteiger partial charge >= 0.3 is 6.03 Å². The van der Waals surface area contributed by atoms with E-state index in [4.69, 9.17) is 10.5 Å². The number of nitrogens with one attached hydrogen (secondary N) is 2. The highest BCUT2D eigenvalue weighted by molar-refractivity contribution is 5.96. The van der Waals surface area contributed by atoms with E-state index in [0.717, 1.165) is 6.42 Å². The lowest BCUT2D eigenvalue weighted by Crippen LogP contribution is -2.49. The molecule has 1 rings (SSSR count). The number of hydrogen-bond donors (Lipinski definition) is 3. The zero-order valence-electron chi connectivity index (χ0n) is 8.08. The van der Waals surface area contributed by atoms with Crippen molar-refractivity contribution in [3.05, 3.63) is 0 Å². The summed E-state index contributed by atoms with van der Waals surface area (Å²) in [5, 5.41) is 5.05. The maximum atomic E-state index is 11.2. The predicted molar refractivity (Wildman–Crippen MR) is 49.5 cm³/mol. The first-order valence-corrected chi connectivity index (χ1v) is 4.53. The summed E-state index contributed by atoms with van der Waals surface area (Å²) in [5.41, 5.74) is 4.82. The van der Waals surface area contributed by atoms with Crippen LogP contribution in [0.5, 0.6) is 0 Å². The van der Waals surface area contributed by atoms with E-state index in [1.807, 2.05) is 5.32 Å². The van der Waals surface area contributed by atoms with Crippen molar-refractivity contribution in [2.45, 2.75) is 25.4 Å². The van der Waals surface area contributed by atoms with Gasteiger partial charge in [-0.2, -0.15) is 0 Å². The standard InChI is InChI=1S/C8H15N3O3/c1-5(7(12)11-8(9)13)10-6-2-3-14-4-6/h5-6,10H,2-4H2,1H3,(H3,9,11,12,13). The Morgan fingerprint density at radius 2 is 2.29 bits per heavy atom. The van der Waals surface area contributed by atoms with Crippen LogP contribution in [0.25, 0.3) is 0 Å². The number of carbonyl (C=O) groups excluding carboxylic acids is 2. The van der Waals surface area contributed by atoms with Crippen molar-refractivity contribution >= 4 is 11.9 Å². The number of rotatable bonds is 3. The second-order valence-corrected chi connectivity index (χ2v) is 3.30. The molecule has 1 heterocycles. The molecule has 0 radical (unpaired) electrons. The summed E-state index contributed by atoms with van der Waals surface area (Å²) in [6.07, 6.45) is 0.883. The summed E-state index contributed by atoms with van der Waals surface area (Å²) in [7, 11) is 0. The van der Waals surface area contributed by atoms with Crippen LogP contribution in [0.1, 0.15) is 13.3 Å². The lowest BCUT2D eigenvalue weighted by atomic mass is 10.2. The fourth-order valence-electron chi connectivity index (χ4n) is 1.32. The van der Waals surface area contributed by atoms with Gasteiger partial charge in [0.2, 0.25) is 5.91 Å². The fourth-order valence-corrected chi connectivity index (χ4v) is 1.32. The number of primary amides is 1. The molecule has 0 aromatic rings. The number of ether oxygens (including phenoxy) is 1. The van der Waals surface area contributed by atoms with Crippen molar-refractivity contribution in [2.24, 2.45) is 5.73 Å². The van der Waals surface area contributed by atoms with Gasteiger partial charge in [0, 0.05) is 12.6 Å². The first-order valence-electron chi connectivity index (χ1n) is 4.53. The van der Waals surface area contributed by atoms with Crippen molar-refractivity contribution in [1.29, 1.82) is 0 Å². The Hall–Kier alpha value is -1.14. The van der Waals surface area contributed by atoms with Gasteiger partial charge in [0.05, 0.1) is 12.6 Å². The molecule has 1 fully saturated rings. The average Bonchev–Trinajstić information content (AvgIpc) is 2.55. The fraction of sp³-hybridized carbons (Fsp3) is 0.750. The molecule has 14 heavy (non-hydrogen) atoms. The number of amides is 3. The summed E-state index contributed by atoms with van der Waals surface area (Å²) in [5.74, 6) is -0.413. The van der Waals surface area contributed by atoms with Crippen molar-refractivity contribution in [3.8, 4) is 0 Å². The van der Waals surface area contributed by atoms with Gasteiger partial charge in [0.25, 0.3) is 0 Å². The van der Waals surface area contributed by atoms with Crippen LogP contribution in [0.2, 0.25) is 0 Å². The molecule has 80 valence electrons. The normalized spacial score (nSPS) is 23.1. The van der Waals surface area contributed by atoms with E-state index in [0.29, 0.717) is 13.2 Å². The lowest BCUT2D eigenvalue weighted by Gasteiger charge is -2.16. The molecule has 6 nitrogen and oxygen atoms in total. The van der Waals surface area contributed by atoms with Gasteiger partial charge in [-0.15, -0.1) is 0 Å². The first-order chi connectivity index (χ1) is 6.59. The van der Waals surface area contributed by atoms with Crippen LogP contribution >= 0.6 is 0 Å². The van der Waals surface area contributed by atoms with Crippen LogP contribution < -0.4 is 16.4 Å². The molecule has 6 heteroatoms. The van der Waals surface area contributed by atoms with E-state index >= 15 is 0 Å². The van der Waals surface area contributed by atoms with Crippen LogP contribution in [0, 0.1) is 0 Å². The van der Waals surface area contributed by atoms with Crippen LogP contribution in [-0.2, 0) is 9.53 Å². The topological polar surface area (TPSA) is 93.4 Å². The quantitative estimate of drug-likeness (QED) is 0.543. The Balaban J connectivity index is 2.29. The maximum absolute atomic E-state index is 11.2. The van der Waals surface area contributed by atoms with E-state index < -0.39 is 18.0 Å². The van der Waals surface area contributed by atoms with Gasteiger partial charge in [-0.25, -0.2) is 4.79 Å². The molecule has 0 aliphatic carbocycles. The summed E-state index contributed by atoms with van der Waals surface area (Å²) < 4.78 is 5.13. The number of imide groups is 1. The molecule has 0 spiro atoms. The van der Waals surface area contributed by atoms with Crippen LogP contribution in [0.4, 0.5) is 4.79 Å². The van der Waals surface area contributed by atoms with Crippen molar-refractivity contribution in [2.75, 3.05) is 13.2 Å². The molecule has 2 unspecified atom stereocenters. The third-order valence-corrected chi connectivity index (χ3v) is 2.06. The smallest absolute Gasteiger partial charge is 0.318 e. The molecule has 1 saturated heterocycles. The zero-order chi connectivity index (χ0) is 10.6. The van der Waals surface area contributed by atoms with Gasteiger partial charge in [-0.05, 0) is 13.3 Å².